The van der Waals surface area contributed by atoms with Crippen LogP contribution in [-0.2, 0) is 42.9 Å². The first-order valence-electron chi connectivity index (χ1n) is 12.9. The minimum absolute atomic E-state index is 0.112. The van der Waals surface area contributed by atoms with Crippen LogP contribution in [0.1, 0.15) is 79.1 Å². The second-order valence-corrected chi connectivity index (χ2v) is 8.57. The van der Waals surface area contributed by atoms with Gasteiger partial charge in [-0.25, -0.2) is 0 Å². The summed E-state index contributed by atoms with van der Waals surface area (Å²) in [5, 5.41) is 0. The fraction of sp³-hybridized carbons (Fsp3) is 0.846. The van der Waals surface area contributed by atoms with Crippen LogP contribution in [-0.4, -0.2) is 64.5 Å². The molecule has 9 heteroatoms. The van der Waals surface area contributed by atoms with Crippen LogP contribution in [0.15, 0.2) is 0 Å². The number of hydrogen-bond donors (Lipinski definition) is 0. The summed E-state index contributed by atoms with van der Waals surface area (Å²) in [5.41, 5.74) is 0. The van der Waals surface area contributed by atoms with Crippen molar-refractivity contribution in [3.63, 3.8) is 0 Å². The van der Waals surface area contributed by atoms with Crippen molar-refractivity contribution in [2.75, 3.05) is 40.6 Å². The first-order valence-corrected chi connectivity index (χ1v) is 12.9. The van der Waals surface area contributed by atoms with Crippen LogP contribution in [0.5, 0.6) is 0 Å². The Labute approximate surface area is 210 Å². The van der Waals surface area contributed by atoms with Crippen LogP contribution in [0.4, 0.5) is 0 Å². The van der Waals surface area contributed by atoms with E-state index >= 15 is 0 Å². The van der Waals surface area contributed by atoms with Gasteiger partial charge in [0, 0.05) is 0 Å². The van der Waals surface area contributed by atoms with Gasteiger partial charge in [0.15, 0.2) is 0 Å². The zero-order valence-corrected chi connectivity index (χ0v) is 22.5. The van der Waals surface area contributed by atoms with Crippen molar-refractivity contribution in [1.29, 1.82) is 0 Å². The molecule has 0 rings (SSSR count). The predicted octanol–water partition coefficient (Wildman–Crippen LogP) is 4.10. The molecule has 4 atom stereocenters. The Hall–Kier alpha value is -2.16. The van der Waals surface area contributed by atoms with E-state index in [-0.39, 0.29) is 74.0 Å². The lowest BCUT2D eigenvalue weighted by Crippen LogP contribution is -2.23. The monoisotopic (exact) mass is 502 g/mol. The van der Waals surface area contributed by atoms with E-state index in [0.717, 1.165) is 0 Å². The van der Waals surface area contributed by atoms with E-state index in [2.05, 4.69) is 0 Å². The zero-order chi connectivity index (χ0) is 26.6. The molecule has 9 nitrogen and oxygen atoms in total. The molecular weight excluding hydrogens is 456 g/mol. The summed E-state index contributed by atoms with van der Waals surface area (Å²) in [7, 11) is 2.74. The van der Waals surface area contributed by atoms with Gasteiger partial charge in [-0.05, 0) is 51.4 Å². The van der Waals surface area contributed by atoms with Gasteiger partial charge in [-0.3, -0.25) is 19.2 Å². The van der Waals surface area contributed by atoms with Crippen LogP contribution in [0.2, 0.25) is 0 Å². The minimum Gasteiger partial charge on any atom is -0.469 e. The second-order valence-electron chi connectivity index (χ2n) is 8.57. The third kappa shape index (κ3) is 13.5. The van der Waals surface area contributed by atoms with Crippen molar-refractivity contribution in [2.45, 2.75) is 79.1 Å². The first kappa shape index (κ1) is 32.8. The molecule has 0 aromatic carbocycles. The van der Waals surface area contributed by atoms with Crippen molar-refractivity contribution >= 4 is 23.9 Å². The quantitative estimate of drug-likeness (QED) is 0.138. The summed E-state index contributed by atoms with van der Waals surface area (Å²) in [6, 6.07) is 0. The molecule has 0 saturated carbocycles. The molecular formula is C26H46O9. The standard InChI is InChI=1S/C26H46O9/c1-7-19(23(27)31-5)11-13-21(9-3)25(29)34-17-15-33-16-18-35-26(30)22(10-4)14-12-20(8-2)24(28)32-6/h19-22H,7-18H2,1-6H3. The Kier molecular flexibility index (Phi) is 18.8. The molecule has 4 unspecified atom stereocenters. The number of methoxy groups -OCH3 is 2. The fourth-order valence-corrected chi connectivity index (χ4v) is 3.83. The highest BCUT2D eigenvalue weighted by molar-refractivity contribution is 5.74. The Morgan fingerprint density at radius 3 is 1.03 bits per heavy atom. The Balaban J connectivity index is 4.14. The number of hydrogen-bond acceptors (Lipinski definition) is 9. The largest absolute Gasteiger partial charge is 0.469 e. The third-order valence-electron chi connectivity index (χ3n) is 6.38. The minimum atomic E-state index is -0.301. The smallest absolute Gasteiger partial charge is 0.308 e. The summed E-state index contributed by atoms with van der Waals surface area (Å²) in [4.78, 5) is 48.0. The number of carbonyl (C=O) groups is 4. The van der Waals surface area contributed by atoms with Crippen LogP contribution in [0.3, 0.4) is 0 Å². The van der Waals surface area contributed by atoms with Crippen LogP contribution in [0.25, 0.3) is 0 Å². The first-order chi connectivity index (χ1) is 16.8. The van der Waals surface area contributed by atoms with Gasteiger partial charge in [-0.15, -0.1) is 0 Å². The number of esters is 4. The predicted molar refractivity (Wildman–Crippen MR) is 130 cm³/mol. The van der Waals surface area contributed by atoms with Crippen molar-refractivity contribution in [2.24, 2.45) is 23.7 Å². The highest BCUT2D eigenvalue weighted by Gasteiger charge is 2.24. The second kappa shape index (κ2) is 20.1. The van der Waals surface area contributed by atoms with E-state index in [9.17, 15) is 19.2 Å². The highest BCUT2D eigenvalue weighted by Crippen LogP contribution is 2.21. The van der Waals surface area contributed by atoms with Crippen LogP contribution >= 0.6 is 0 Å². The molecule has 0 saturated heterocycles. The molecule has 0 aromatic heterocycles. The summed E-state index contributed by atoms with van der Waals surface area (Å²) in [5.74, 6) is -2.06. The topological polar surface area (TPSA) is 114 Å². The number of ether oxygens (including phenoxy) is 5. The Bertz CT molecular complexity index is 568. The molecule has 0 aromatic rings. The molecule has 0 bridgehead atoms. The highest BCUT2D eigenvalue weighted by atomic mass is 16.6. The average molecular weight is 503 g/mol. The van der Waals surface area contributed by atoms with Crippen molar-refractivity contribution in [1.82, 2.24) is 0 Å². The lowest BCUT2D eigenvalue weighted by atomic mass is 9.92. The lowest BCUT2D eigenvalue weighted by molar-refractivity contribution is -0.153. The van der Waals surface area contributed by atoms with Gasteiger partial charge in [0.2, 0.25) is 0 Å². The normalized spacial score (nSPS) is 14.3. The van der Waals surface area contributed by atoms with E-state index < -0.39 is 0 Å². The van der Waals surface area contributed by atoms with E-state index in [4.69, 9.17) is 23.7 Å². The third-order valence-corrected chi connectivity index (χ3v) is 6.38. The molecule has 0 aliphatic rings. The van der Waals surface area contributed by atoms with Crippen molar-refractivity contribution < 1.29 is 42.9 Å². The summed E-state index contributed by atoms with van der Waals surface area (Å²) in [6.45, 7) is 8.30. The Morgan fingerprint density at radius 2 is 0.771 bits per heavy atom. The van der Waals surface area contributed by atoms with E-state index in [1.165, 1.54) is 14.2 Å². The maximum atomic E-state index is 12.3. The summed E-state index contributed by atoms with van der Waals surface area (Å²) >= 11 is 0. The summed E-state index contributed by atoms with van der Waals surface area (Å²) < 4.78 is 25.6. The lowest BCUT2D eigenvalue weighted by Gasteiger charge is -2.18. The molecule has 0 aliphatic carbocycles. The van der Waals surface area contributed by atoms with Crippen LogP contribution < -0.4 is 0 Å². The summed E-state index contributed by atoms with van der Waals surface area (Å²) in [6.07, 6.45) is 4.89. The van der Waals surface area contributed by atoms with Crippen molar-refractivity contribution in [3.05, 3.63) is 0 Å². The molecule has 35 heavy (non-hydrogen) atoms. The molecule has 0 fully saturated rings. The zero-order valence-electron chi connectivity index (χ0n) is 22.5. The SMILES string of the molecule is CCC(CCC(CC)C(=O)OCCOCCOC(=O)C(CC)CCC(CC)C(=O)OC)C(=O)OC. The van der Waals surface area contributed by atoms with Gasteiger partial charge < -0.3 is 23.7 Å². The van der Waals surface area contributed by atoms with Gasteiger partial charge in [-0.2, -0.15) is 0 Å². The maximum Gasteiger partial charge on any atom is 0.308 e. The van der Waals surface area contributed by atoms with E-state index in [1.54, 1.807) is 0 Å². The van der Waals surface area contributed by atoms with Crippen LogP contribution in [0, 0.1) is 23.7 Å². The molecule has 0 spiro atoms. The maximum absolute atomic E-state index is 12.3. The fourth-order valence-electron chi connectivity index (χ4n) is 3.83. The molecule has 0 heterocycles. The Morgan fingerprint density at radius 1 is 0.486 bits per heavy atom. The van der Waals surface area contributed by atoms with Gasteiger partial charge >= 0.3 is 23.9 Å². The number of carbonyl (C=O) groups excluding carboxylic acids is 4. The van der Waals surface area contributed by atoms with E-state index in [1.807, 2.05) is 27.7 Å². The molecule has 0 amide bonds. The molecule has 0 aliphatic heterocycles. The van der Waals surface area contributed by atoms with Gasteiger partial charge in [0.05, 0.1) is 51.1 Å². The number of rotatable bonds is 20. The van der Waals surface area contributed by atoms with E-state index in [0.29, 0.717) is 51.4 Å². The molecule has 0 N–H and O–H groups in total. The van der Waals surface area contributed by atoms with Gasteiger partial charge in [0.25, 0.3) is 0 Å². The van der Waals surface area contributed by atoms with Crippen molar-refractivity contribution in [3.8, 4) is 0 Å². The van der Waals surface area contributed by atoms with Gasteiger partial charge in [-0.1, -0.05) is 27.7 Å². The van der Waals surface area contributed by atoms with Gasteiger partial charge in [0.1, 0.15) is 13.2 Å². The molecule has 0 radical (unpaired) electrons. The molecule has 204 valence electrons. The average Bonchev–Trinajstić information content (AvgIpc) is 2.87.